The first kappa shape index (κ1) is 18.1. The first-order valence-corrected chi connectivity index (χ1v) is 10.4. The van der Waals surface area contributed by atoms with Crippen LogP contribution in [0.15, 0.2) is 35.2 Å². The number of esters is 1. The van der Waals surface area contributed by atoms with Gasteiger partial charge in [0.25, 0.3) is 0 Å². The van der Waals surface area contributed by atoms with Crippen molar-refractivity contribution in [3.63, 3.8) is 0 Å². The standard InChI is InChI=1S/C21H22O2S2/c1-4-21(5-2)12-13-24-19-10-7-16(14-18(19)21)6-8-17-9-11-20(25-17)23-15(3)22/h7,9-11,14H,4-5,12-13H2,1-3H3. The Morgan fingerprint density at radius 2 is 2.00 bits per heavy atom. The average molecular weight is 371 g/mol. The van der Waals surface area contributed by atoms with E-state index < -0.39 is 0 Å². The molecule has 3 rings (SSSR count). The second kappa shape index (κ2) is 7.68. The van der Waals surface area contributed by atoms with Crippen LogP contribution in [0.25, 0.3) is 0 Å². The summed E-state index contributed by atoms with van der Waals surface area (Å²) in [5.41, 5.74) is 2.81. The molecule has 0 saturated heterocycles. The summed E-state index contributed by atoms with van der Waals surface area (Å²) >= 11 is 3.36. The lowest BCUT2D eigenvalue weighted by Crippen LogP contribution is -2.28. The molecule has 0 spiro atoms. The lowest BCUT2D eigenvalue weighted by molar-refractivity contribution is -0.131. The van der Waals surface area contributed by atoms with Crippen molar-refractivity contribution in [2.24, 2.45) is 0 Å². The number of benzene rings is 1. The molecule has 0 bridgehead atoms. The van der Waals surface area contributed by atoms with E-state index in [0.717, 1.165) is 10.4 Å². The van der Waals surface area contributed by atoms with E-state index in [1.807, 2.05) is 17.8 Å². The molecule has 0 fully saturated rings. The summed E-state index contributed by atoms with van der Waals surface area (Å²) in [7, 11) is 0. The normalized spacial score (nSPS) is 15.0. The Kier molecular flexibility index (Phi) is 5.56. The molecule has 2 aromatic rings. The van der Waals surface area contributed by atoms with Gasteiger partial charge in [-0.1, -0.05) is 37.0 Å². The largest absolute Gasteiger partial charge is 0.416 e. The average Bonchev–Trinajstić information content (AvgIpc) is 3.06. The van der Waals surface area contributed by atoms with Gasteiger partial charge in [0.15, 0.2) is 5.06 Å². The highest BCUT2D eigenvalue weighted by atomic mass is 32.2. The van der Waals surface area contributed by atoms with Crippen LogP contribution in [0.4, 0.5) is 0 Å². The third-order valence-corrected chi connectivity index (χ3v) is 6.85. The molecule has 1 aliphatic rings. The molecule has 1 aromatic carbocycles. The predicted molar refractivity (Wildman–Crippen MR) is 106 cm³/mol. The monoisotopic (exact) mass is 370 g/mol. The highest BCUT2D eigenvalue weighted by molar-refractivity contribution is 7.99. The molecular formula is C21H22O2S2. The van der Waals surface area contributed by atoms with Gasteiger partial charge in [0.05, 0.1) is 4.88 Å². The molecule has 0 aliphatic carbocycles. The molecule has 0 N–H and O–H groups in total. The Bertz CT molecular complexity index is 835. The van der Waals surface area contributed by atoms with Crippen molar-refractivity contribution in [3.05, 3.63) is 46.3 Å². The predicted octanol–water partition coefficient (Wildman–Crippen LogP) is 5.63. The van der Waals surface area contributed by atoms with Gasteiger partial charge in [-0.05, 0) is 66.3 Å². The fourth-order valence-electron chi connectivity index (χ4n) is 3.34. The van der Waals surface area contributed by atoms with Crippen molar-refractivity contribution in [1.29, 1.82) is 0 Å². The molecule has 0 atom stereocenters. The summed E-state index contributed by atoms with van der Waals surface area (Å²) < 4.78 is 5.09. The maximum atomic E-state index is 11.0. The molecule has 0 unspecified atom stereocenters. The van der Waals surface area contributed by atoms with Crippen LogP contribution in [0.2, 0.25) is 0 Å². The highest BCUT2D eigenvalue weighted by Crippen LogP contribution is 2.46. The SMILES string of the molecule is CCC1(CC)CCSc2ccc(C#Cc3ccc(OC(C)=O)s3)cc21. The van der Waals surface area contributed by atoms with E-state index in [0.29, 0.717) is 10.5 Å². The fourth-order valence-corrected chi connectivity index (χ4v) is 5.40. The third-order valence-electron chi connectivity index (χ3n) is 4.90. The summed E-state index contributed by atoms with van der Waals surface area (Å²) in [6.07, 6.45) is 3.58. The molecule has 4 heteroatoms. The van der Waals surface area contributed by atoms with Gasteiger partial charge in [0.2, 0.25) is 0 Å². The van der Waals surface area contributed by atoms with Crippen molar-refractivity contribution in [2.45, 2.75) is 50.3 Å². The molecule has 0 radical (unpaired) electrons. The summed E-state index contributed by atoms with van der Waals surface area (Å²) in [5, 5.41) is 0.592. The van der Waals surface area contributed by atoms with Gasteiger partial charge in [0, 0.05) is 17.4 Å². The topological polar surface area (TPSA) is 26.3 Å². The minimum Gasteiger partial charge on any atom is -0.416 e. The maximum absolute atomic E-state index is 11.0. The molecule has 2 nitrogen and oxygen atoms in total. The van der Waals surface area contributed by atoms with Gasteiger partial charge in [-0.2, -0.15) is 0 Å². The van der Waals surface area contributed by atoms with Crippen LogP contribution in [-0.2, 0) is 10.2 Å². The van der Waals surface area contributed by atoms with Crippen LogP contribution >= 0.6 is 23.1 Å². The number of thioether (sulfide) groups is 1. The molecule has 25 heavy (non-hydrogen) atoms. The van der Waals surface area contributed by atoms with Crippen molar-refractivity contribution in [3.8, 4) is 16.9 Å². The number of fused-ring (bicyclic) bond motifs is 1. The zero-order valence-electron chi connectivity index (χ0n) is 14.8. The van der Waals surface area contributed by atoms with E-state index in [9.17, 15) is 4.79 Å². The van der Waals surface area contributed by atoms with Gasteiger partial charge in [0.1, 0.15) is 0 Å². The lowest BCUT2D eigenvalue weighted by Gasteiger charge is -2.37. The number of hydrogen-bond donors (Lipinski definition) is 0. The van der Waals surface area contributed by atoms with E-state index in [1.54, 1.807) is 6.07 Å². The minimum absolute atomic E-state index is 0.295. The van der Waals surface area contributed by atoms with Gasteiger partial charge < -0.3 is 4.74 Å². The van der Waals surface area contributed by atoms with E-state index in [4.69, 9.17) is 4.74 Å². The molecule has 1 aromatic heterocycles. The number of rotatable bonds is 3. The van der Waals surface area contributed by atoms with E-state index in [2.05, 4.69) is 43.9 Å². The van der Waals surface area contributed by atoms with Crippen molar-refractivity contribution in [1.82, 2.24) is 0 Å². The number of carbonyl (C=O) groups is 1. The second-order valence-corrected chi connectivity index (χ2v) is 8.44. The molecule has 130 valence electrons. The zero-order valence-corrected chi connectivity index (χ0v) is 16.5. The van der Waals surface area contributed by atoms with E-state index in [-0.39, 0.29) is 5.97 Å². The molecule has 0 amide bonds. The van der Waals surface area contributed by atoms with Crippen LogP contribution < -0.4 is 4.74 Å². The van der Waals surface area contributed by atoms with Crippen molar-refractivity contribution in [2.75, 3.05) is 5.75 Å². The third kappa shape index (κ3) is 3.94. The number of thiophene rings is 1. The van der Waals surface area contributed by atoms with Gasteiger partial charge in [-0.15, -0.1) is 11.8 Å². The molecule has 2 heterocycles. The molecule has 0 saturated carbocycles. The smallest absolute Gasteiger partial charge is 0.308 e. The van der Waals surface area contributed by atoms with Crippen LogP contribution in [0, 0.1) is 11.8 Å². The van der Waals surface area contributed by atoms with Crippen LogP contribution in [0.3, 0.4) is 0 Å². The second-order valence-electron chi connectivity index (χ2n) is 6.26. The van der Waals surface area contributed by atoms with Crippen molar-refractivity contribution < 1.29 is 9.53 Å². The Balaban J connectivity index is 1.88. The Labute approximate surface area is 158 Å². The Hall–Kier alpha value is -1.70. The van der Waals surface area contributed by atoms with Crippen LogP contribution in [0.1, 0.15) is 56.0 Å². The van der Waals surface area contributed by atoms with Gasteiger partial charge in [-0.3, -0.25) is 4.79 Å². The Morgan fingerprint density at radius 1 is 1.20 bits per heavy atom. The summed E-state index contributed by atoms with van der Waals surface area (Å²) in [4.78, 5) is 13.3. The lowest BCUT2D eigenvalue weighted by atomic mass is 9.73. The number of hydrogen-bond acceptors (Lipinski definition) is 4. The number of carbonyl (C=O) groups excluding carboxylic acids is 1. The maximum Gasteiger partial charge on any atom is 0.308 e. The summed E-state index contributed by atoms with van der Waals surface area (Å²) in [6.45, 7) is 6.00. The van der Waals surface area contributed by atoms with Crippen LogP contribution in [0.5, 0.6) is 5.06 Å². The fraction of sp³-hybridized carbons (Fsp3) is 0.381. The van der Waals surface area contributed by atoms with E-state index in [1.165, 1.54) is 53.7 Å². The van der Waals surface area contributed by atoms with Crippen molar-refractivity contribution >= 4 is 29.1 Å². The van der Waals surface area contributed by atoms with Crippen LogP contribution in [-0.4, -0.2) is 11.7 Å². The molecular weight excluding hydrogens is 348 g/mol. The van der Waals surface area contributed by atoms with Gasteiger partial charge >= 0.3 is 5.97 Å². The highest BCUT2D eigenvalue weighted by Gasteiger charge is 2.33. The van der Waals surface area contributed by atoms with E-state index >= 15 is 0 Å². The Morgan fingerprint density at radius 3 is 2.72 bits per heavy atom. The zero-order chi connectivity index (χ0) is 17.9. The van der Waals surface area contributed by atoms with Gasteiger partial charge in [-0.25, -0.2) is 0 Å². The first-order chi connectivity index (χ1) is 12.1. The number of ether oxygens (including phenoxy) is 1. The summed E-state index contributed by atoms with van der Waals surface area (Å²) in [5.74, 6) is 7.37. The molecule has 1 aliphatic heterocycles. The first-order valence-electron chi connectivity index (χ1n) is 8.64. The quantitative estimate of drug-likeness (QED) is 0.517. The summed E-state index contributed by atoms with van der Waals surface area (Å²) in [6, 6.07) is 10.3. The minimum atomic E-state index is -0.302.